The van der Waals surface area contributed by atoms with Crippen LogP contribution in [0.2, 0.25) is 0 Å². The molecule has 0 aliphatic carbocycles. The van der Waals surface area contributed by atoms with Crippen LogP contribution in [0.15, 0.2) is 35.6 Å². The van der Waals surface area contributed by atoms with Gasteiger partial charge in [0.15, 0.2) is 10.8 Å². The largest absolute Gasteiger partial charge is 0.493 e. The van der Waals surface area contributed by atoms with Crippen molar-refractivity contribution >= 4 is 34.5 Å². The summed E-state index contributed by atoms with van der Waals surface area (Å²) < 4.78 is 7.43. The van der Waals surface area contributed by atoms with E-state index in [2.05, 4.69) is 22.2 Å². The molecule has 1 saturated heterocycles. The average molecular weight is 455 g/mol. The molecule has 3 heterocycles. The second kappa shape index (κ2) is 10.7. The Morgan fingerprint density at radius 1 is 1.16 bits per heavy atom. The van der Waals surface area contributed by atoms with E-state index in [9.17, 15) is 4.79 Å². The SMILES string of the molecule is CCOc1ccccc1C(=O)NCCn1ncc2c(N3CCCCC3)nc(SCC)nc21. The quantitative estimate of drug-likeness (QED) is 0.389. The van der Waals surface area contributed by atoms with Crippen molar-refractivity contribution < 1.29 is 9.53 Å². The van der Waals surface area contributed by atoms with E-state index >= 15 is 0 Å². The van der Waals surface area contributed by atoms with E-state index in [1.165, 1.54) is 19.3 Å². The number of thioether (sulfide) groups is 1. The number of hydrogen-bond acceptors (Lipinski definition) is 7. The minimum atomic E-state index is -0.156. The van der Waals surface area contributed by atoms with Crippen LogP contribution in [0.1, 0.15) is 43.5 Å². The topological polar surface area (TPSA) is 85.2 Å². The number of carbonyl (C=O) groups excluding carboxylic acids is 1. The first-order chi connectivity index (χ1) is 15.7. The summed E-state index contributed by atoms with van der Waals surface area (Å²) in [4.78, 5) is 24.6. The molecule has 1 aromatic carbocycles. The van der Waals surface area contributed by atoms with Crippen LogP contribution < -0.4 is 15.0 Å². The number of nitrogens with zero attached hydrogens (tertiary/aromatic N) is 5. The smallest absolute Gasteiger partial charge is 0.255 e. The number of rotatable bonds is 9. The van der Waals surface area contributed by atoms with Crippen molar-refractivity contribution in [1.82, 2.24) is 25.1 Å². The van der Waals surface area contributed by atoms with Gasteiger partial charge >= 0.3 is 0 Å². The molecular formula is C23H30N6O2S. The molecule has 4 rings (SSSR count). The molecule has 32 heavy (non-hydrogen) atoms. The number of ether oxygens (including phenoxy) is 1. The zero-order chi connectivity index (χ0) is 22.3. The Morgan fingerprint density at radius 2 is 1.97 bits per heavy atom. The van der Waals surface area contributed by atoms with Crippen LogP contribution in [0.4, 0.5) is 5.82 Å². The second-order valence-electron chi connectivity index (χ2n) is 7.60. The van der Waals surface area contributed by atoms with E-state index in [0.29, 0.717) is 31.0 Å². The Labute approximate surface area is 192 Å². The van der Waals surface area contributed by atoms with E-state index < -0.39 is 0 Å². The number of piperidine rings is 1. The number of carbonyl (C=O) groups is 1. The lowest BCUT2D eigenvalue weighted by atomic mass is 10.1. The van der Waals surface area contributed by atoms with Crippen molar-refractivity contribution in [3.05, 3.63) is 36.0 Å². The molecule has 8 nitrogen and oxygen atoms in total. The predicted molar refractivity (Wildman–Crippen MR) is 128 cm³/mol. The average Bonchev–Trinajstić information content (AvgIpc) is 3.23. The van der Waals surface area contributed by atoms with Crippen molar-refractivity contribution in [3.8, 4) is 5.75 Å². The van der Waals surface area contributed by atoms with Gasteiger partial charge < -0.3 is 15.0 Å². The van der Waals surface area contributed by atoms with Crippen molar-refractivity contribution in [2.45, 2.75) is 44.8 Å². The fraction of sp³-hybridized carbons (Fsp3) is 0.478. The second-order valence-corrected chi connectivity index (χ2v) is 8.83. The molecule has 0 atom stereocenters. The van der Waals surface area contributed by atoms with Gasteiger partial charge in [-0.15, -0.1) is 0 Å². The summed E-state index contributed by atoms with van der Waals surface area (Å²) in [6.45, 7) is 7.52. The van der Waals surface area contributed by atoms with E-state index in [-0.39, 0.29) is 5.91 Å². The monoisotopic (exact) mass is 454 g/mol. The van der Waals surface area contributed by atoms with Gasteiger partial charge in [-0.2, -0.15) is 5.10 Å². The summed E-state index contributed by atoms with van der Waals surface area (Å²) in [5, 5.41) is 9.30. The van der Waals surface area contributed by atoms with Gasteiger partial charge in [0.05, 0.1) is 30.3 Å². The van der Waals surface area contributed by atoms with Gasteiger partial charge in [-0.1, -0.05) is 30.8 Å². The third-order valence-electron chi connectivity index (χ3n) is 5.43. The molecule has 0 radical (unpaired) electrons. The zero-order valence-corrected chi connectivity index (χ0v) is 19.5. The van der Waals surface area contributed by atoms with Gasteiger partial charge in [-0.25, -0.2) is 14.6 Å². The first-order valence-corrected chi connectivity index (χ1v) is 12.3. The van der Waals surface area contributed by atoms with Crippen LogP contribution >= 0.6 is 11.8 Å². The molecule has 0 spiro atoms. The van der Waals surface area contributed by atoms with E-state index in [1.807, 2.05) is 36.0 Å². The van der Waals surface area contributed by atoms with E-state index in [4.69, 9.17) is 14.7 Å². The van der Waals surface area contributed by atoms with Gasteiger partial charge in [0.2, 0.25) is 0 Å². The molecule has 1 aliphatic rings. The van der Waals surface area contributed by atoms with E-state index in [0.717, 1.165) is 40.9 Å². The molecule has 1 aliphatic heterocycles. The summed E-state index contributed by atoms with van der Waals surface area (Å²) >= 11 is 1.64. The molecule has 1 N–H and O–H groups in total. The molecule has 1 fully saturated rings. The molecule has 0 bridgehead atoms. The van der Waals surface area contributed by atoms with Crippen LogP contribution in [-0.4, -0.2) is 57.6 Å². The van der Waals surface area contributed by atoms with Gasteiger partial charge in [0.1, 0.15) is 11.6 Å². The van der Waals surface area contributed by atoms with Crippen molar-refractivity contribution in [2.75, 3.05) is 36.9 Å². The number of nitrogens with one attached hydrogen (secondary N) is 1. The molecule has 0 unspecified atom stereocenters. The number of anilines is 1. The Bertz CT molecular complexity index is 1060. The lowest BCUT2D eigenvalue weighted by Crippen LogP contribution is -2.30. The number of fused-ring (bicyclic) bond motifs is 1. The molecule has 2 aromatic heterocycles. The van der Waals surface area contributed by atoms with Gasteiger partial charge in [0.25, 0.3) is 5.91 Å². The lowest BCUT2D eigenvalue weighted by Gasteiger charge is -2.28. The standard InChI is InChI=1S/C23H30N6O2S/c1-3-31-19-11-7-6-10-17(19)22(30)24-12-15-29-21-18(16-25-29)20(26-23(27-21)32-4-2)28-13-8-5-9-14-28/h6-7,10-11,16H,3-5,8-9,12-15H2,1-2H3,(H,24,30). The van der Waals surface area contributed by atoms with Crippen molar-refractivity contribution in [1.29, 1.82) is 0 Å². The number of benzene rings is 1. The number of amides is 1. The highest BCUT2D eigenvalue weighted by molar-refractivity contribution is 7.99. The third-order valence-corrected chi connectivity index (χ3v) is 6.15. The molecular weight excluding hydrogens is 424 g/mol. The fourth-order valence-corrected chi connectivity index (χ4v) is 4.49. The first-order valence-electron chi connectivity index (χ1n) is 11.3. The van der Waals surface area contributed by atoms with Gasteiger partial charge in [-0.05, 0) is 44.1 Å². The summed E-state index contributed by atoms with van der Waals surface area (Å²) in [5.74, 6) is 2.33. The maximum Gasteiger partial charge on any atom is 0.255 e. The molecule has 170 valence electrons. The van der Waals surface area contributed by atoms with Crippen LogP contribution in [0, 0.1) is 0 Å². The predicted octanol–water partition coefficient (Wildman–Crippen LogP) is 3.76. The van der Waals surface area contributed by atoms with Crippen LogP contribution in [0.25, 0.3) is 11.0 Å². The third kappa shape index (κ3) is 4.98. The zero-order valence-electron chi connectivity index (χ0n) is 18.7. The van der Waals surface area contributed by atoms with Crippen LogP contribution in [0.5, 0.6) is 5.75 Å². The Morgan fingerprint density at radius 3 is 2.75 bits per heavy atom. The van der Waals surface area contributed by atoms with Gasteiger partial charge in [-0.3, -0.25) is 4.79 Å². The Hall–Kier alpha value is -2.81. The van der Waals surface area contributed by atoms with Crippen LogP contribution in [0.3, 0.4) is 0 Å². The highest BCUT2D eigenvalue weighted by atomic mass is 32.2. The molecule has 0 saturated carbocycles. The Kier molecular flexibility index (Phi) is 7.47. The van der Waals surface area contributed by atoms with Gasteiger partial charge in [0, 0.05) is 19.6 Å². The highest BCUT2D eigenvalue weighted by Crippen LogP contribution is 2.29. The Balaban J connectivity index is 1.51. The minimum Gasteiger partial charge on any atom is -0.493 e. The highest BCUT2D eigenvalue weighted by Gasteiger charge is 2.20. The normalized spacial score (nSPS) is 14.0. The molecule has 9 heteroatoms. The van der Waals surface area contributed by atoms with E-state index in [1.54, 1.807) is 17.8 Å². The fourth-order valence-electron chi connectivity index (χ4n) is 3.93. The summed E-state index contributed by atoms with van der Waals surface area (Å²) in [6.07, 6.45) is 5.49. The number of hydrogen-bond donors (Lipinski definition) is 1. The van der Waals surface area contributed by atoms with Crippen molar-refractivity contribution in [2.24, 2.45) is 0 Å². The summed E-state index contributed by atoms with van der Waals surface area (Å²) in [6, 6.07) is 7.29. The maximum atomic E-state index is 12.7. The summed E-state index contributed by atoms with van der Waals surface area (Å²) in [7, 11) is 0. The minimum absolute atomic E-state index is 0.156. The summed E-state index contributed by atoms with van der Waals surface area (Å²) in [5.41, 5.74) is 1.36. The first kappa shape index (κ1) is 22.4. The molecule has 3 aromatic rings. The molecule has 1 amide bonds. The number of aromatic nitrogens is 4. The maximum absolute atomic E-state index is 12.7. The van der Waals surface area contributed by atoms with Crippen LogP contribution in [-0.2, 0) is 6.54 Å². The lowest BCUT2D eigenvalue weighted by molar-refractivity contribution is 0.0948. The number of para-hydroxylation sites is 1. The van der Waals surface area contributed by atoms with Crippen molar-refractivity contribution in [3.63, 3.8) is 0 Å².